The summed E-state index contributed by atoms with van der Waals surface area (Å²) in [5.41, 5.74) is 1.07. The third kappa shape index (κ3) is 3.25. The number of hydrogen-bond acceptors (Lipinski definition) is 5. The third-order valence-corrected chi connectivity index (χ3v) is 3.77. The van der Waals surface area contributed by atoms with Gasteiger partial charge in [0.15, 0.2) is 5.82 Å². The summed E-state index contributed by atoms with van der Waals surface area (Å²) in [6.07, 6.45) is 8.65. The van der Waals surface area contributed by atoms with E-state index in [2.05, 4.69) is 37.5 Å². The summed E-state index contributed by atoms with van der Waals surface area (Å²) in [4.78, 5) is 4.15. The van der Waals surface area contributed by atoms with Gasteiger partial charge in [0.05, 0.1) is 18.3 Å². The molecule has 0 atom stereocenters. The Kier molecular flexibility index (Phi) is 4.11. The van der Waals surface area contributed by atoms with Crippen LogP contribution in [-0.4, -0.2) is 19.9 Å². The Balaban J connectivity index is 1.49. The summed E-state index contributed by atoms with van der Waals surface area (Å²) in [6, 6.07) is 2.68. The van der Waals surface area contributed by atoms with Crippen LogP contribution in [0.1, 0.15) is 55.6 Å². The van der Waals surface area contributed by atoms with Crippen molar-refractivity contribution < 1.29 is 4.52 Å². The molecular formula is C14H21N5O. The van der Waals surface area contributed by atoms with Gasteiger partial charge in [-0.1, -0.05) is 24.4 Å². The minimum Gasteiger partial charge on any atom is -0.340 e. The fourth-order valence-electron chi connectivity index (χ4n) is 2.74. The van der Waals surface area contributed by atoms with E-state index in [0.717, 1.165) is 12.2 Å². The van der Waals surface area contributed by atoms with E-state index < -0.39 is 0 Å². The topological polar surface area (TPSA) is 68.8 Å². The van der Waals surface area contributed by atoms with Gasteiger partial charge in [-0.2, -0.15) is 10.1 Å². The zero-order chi connectivity index (χ0) is 13.8. The molecule has 6 nitrogen and oxygen atoms in total. The Morgan fingerprint density at radius 2 is 2.15 bits per heavy atom. The largest absolute Gasteiger partial charge is 0.340 e. The van der Waals surface area contributed by atoms with E-state index in [1.165, 1.54) is 32.1 Å². The molecule has 20 heavy (non-hydrogen) atoms. The summed E-state index contributed by atoms with van der Waals surface area (Å²) in [6.45, 7) is 3.13. The second-order valence-corrected chi connectivity index (χ2v) is 5.41. The maximum atomic E-state index is 4.93. The van der Waals surface area contributed by atoms with Gasteiger partial charge < -0.3 is 9.84 Å². The molecule has 0 saturated heterocycles. The van der Waals surface area contributed by atoms with Gasteiger partial charge in [0, 0.05) is 19.7 Å². The van der Waals surface area contributed by atoms with Gasteiger partial charge in [0.2, 0.25) is 5.89 Å². The molecule has 2 aromatic rings. The molecule has 1 saturated carbocycles. The molecule has 0 bridgehead atoms. The van der Waals surface area contributed by atoms with Gasteiger partial charge in [0.1, 0.15) is 0 Å². The highest BCUT2D eigenvalue weighted by atomic mass is 16.5. The number of nitrogens with one attached hydrogen (secondary N) is 1. The van der Waals surface area contributed by atoms with E-state index >= 15 is 0 Å². The molecule has 0 spiro atoms. The smallest absolute Gasteiger partial charge is 0.223 e. The molecule has 0 aromatic carbocycles. The highest BCUT2D eigenvalue weighted by molar-refractivity contribution is 5.00. The Hall–Kier alpha value is -1.69. The van der Waals surface area contributed by atoms with Crippen LogP contribution in [0.3, 0.4) is 0 Å². The SMILES string of the molecule is Cc1nc(CNCc2ccn(C3CCCCC3)n2)no1. The fraction of sp³-hybridized carbons (Fsp3) is 0.643. The van der Waals surface area contributed by atoms with Crippen LogP contribution in [0.25, 0.3) is 0 Å². The molecule has 1 fully saturated rings. The number of hydrogen-bond donors (Lipinski definition) is 1. The van der Waals surface area contributed by atoms with E-state index in [9.17, 15) is 0 Å². The van der Waals surface area contributed by atoms with E-state index in [0.29, 0.717) is 24.3 Å². The second-order valence-electron chi connectivity index (χ2n) is 5.41. The van der Waals surface area contributed by atoms with Gasteiger partial charge in [0.25, 0.3) is 0 Å². The summed E-state index contributed by atoms with van der Waals surface area (Å²) in [7, 11) is 0. The molecule has 1 aliphatic rings. The van der Waals surface area contributed by atoms with Gasteiger partial charge in [-0.3, -0.25) is 4.68 Å². The average molecular weight is 275 g/mol. The maximum Gasteiger partial charge on any atom is 0.223 e. The number of aromatic nitrogens is 4. The van der Waals surface area contributed by atoms with E-state index in [1.54, 1.807) is 6.92 Å². The van der Waals surface area contributed by atoms with Crippen molar-refractivity contribution in [2.45, 2.75) is 58.2 Å². The van der Waals surface area contributed by atoms with Crippen LogP contribution in [0.4, 0.5) is 0 Å². The number of aryl methyl sites for hydroxylation is 1. The lowest BCUT2D eigenvalue weighted by Gasteiger charge is -2.21. The fourth-order valence-corrected chi connectivity index (χ4v) is 2.74. The van der Waals surface area contributed by atoms with Crippen molar-refractivity contribution in [2.75, 3.05) is 0 Å². The molecule has 0 radical (unpaired) electrons. The zero-order valence-corrected chi connectivity index (χ0v) is 11.9. The second kappa shape index (κ2) is 6.17. The van der Waals surface area contributed by atoms with E-state index in [4.69, 9.17) is 4.52 Å². The van der Waals surface area contributed by atoms with Crippen LogP contribution in [0.15, 0.2) is 16.8 Å². The number of nitrogens with zero attached hydrogens (tertiary/aromatic N) is 4. The first-order chi connectivity index (χ1) is 9.81. The van der Waals surface area contributed by atoms with Crippen LogP contribution in [-0.2, 0) is 13.1 Å². The monoisotopic (exact) mass is 275 g/mol. The highest BCUT2D eigenvalue weighted by Crippen LogP contribution is 2.27. The number of rotatable bonds is 5. The zero-order valence-electron chi connectivity index (χ0n) is 11.9. The minimum atomic E-state index is 0.595. The Morgan fingerprint density at radius 3 is 2.90 bits per heavy atom. The molecule has 6 heteroatoms. The van der Waals surface area contributed by atoms with Gasteiger partial charge in [-0.05, 0) is 18.9 Å². The summed E-state index contributed by atoms with van der Waals surface area (Å²) in [5, 5.41) is 11.8. The molecule has 1 aliphatic carbocycles. The van der Waals surface area contributed by atoms with Gasteiger partial charge >= 0.3 is 0 Å². The van der Waals surface area contributed by atoms with E-state index in [-0.39, 0.29) is 0 Å². The van der Waals surface area contributed by atoms with E-state index in [1.807, 2.05) is 0 Å². The molecule has 0 amide bonds. The summed E-state index contributed by atoms with van der Waals surface area (Å²) < 4.78 is 7.06. The Morgan fingerprint density at radius 1 is 1.30 bits per heavy atom. The Labute approximate surface area is 118 Å². The van der Waals surface area contributed by atoms with Crippen LogP contribution in [0, 0.1) is 6.92 Å². The van der Waals surface area contributed by atoms with Crippen molar-refractivity contribution in [3.8, 4) is 0 Å². The quantitative estimate of drug-likeness (QED) is 0.907. The molecule has 0 unspecified atom stereocenters. The molecule has 2 aromatic heterocycles. The third-order valence-electron chi connectivity index (χ3n) is 3.77. The minimum absolute atomic E-state index is 0.595. The molecule has 108 valence electrons. The summed E-state index contributed by atoms with van der Waals surface area (Å²) in [5.74, 6) is 1.29. The lowest BCUT2D eigenvalue weighted by molar-refractivity contribution is 0.327. The summed E-state index contributed by atoms with van der Waals surface area (Å²) >= 11 is 0. The Bertz CT molecular complexity index is 541. The average Bonchev–Trinajstić information content (AvgIpc) is 3.09. The predicted molar refractivity (Wildman–Crippen MR) is 73.9 cm³/mol. The predicted octanol–water partition coefficient (Wildman–Crippen LogP) is 2.37. The molecule has 0 aliphatic heterocycles. The van der Waals surface area contributed by atoms with Crippen LogP contribution >= 0.6 is 0 Å². The normalized spacial score (nSPS) is 16.6. The van der Waals surface area contributed by atoms with Crippen molar-refractivity contribution in [1.29, 1.82) is 0 Å². The molecule has 1 N–H and O–H groups in total. The molecule has 2 heterocycles. The van der Waals surface area contributed by atoms with Crippen LogP contribution in [0.5, 0.6) is 0 Å². The van der Waals surface area contributed by atoms with Crippen molar-refractivity contribution in [1.82, 2.24) is 25.2 Å². The molecule has 3 rings (SSSR count). The van der Waals surface area contributed by atoms with Crippen molar-refractivity contribution in [3.63, 3.8) is 0 Å². The molecular weight excluding hydrogens is 254 g/mol. The van der Waals surface area contributed by atoms with Crippen molar-refractivity contribution in [2.24, 2.45) is 0 Å². The standard InChI is InChI=1S/C14H21N5O/c1-11-16-14(18-20-11)10-15-9-12-7-8-19(17-12)13-5-3-2-4-6-13/h7-8,13,15H,2-6,9-10H2,1H3. The first-order valence-corrected chi connectivity index (χ1v) is 7.35. The van der Waals surface area contributed by atoms with Gasteiger partial charge in [-0.15, -0.1) is 0 Å². The lowest BCUT2D eigenvalue weighted by atomic mass is 9.96. The van der Waals surface area contributed by atoms with Crippen molar-refractivity contribution >= 4 is 0 Å². The highest BCUT2D eigenvalue weighted by Gasteiger charge is 2.15. The van der Waals surface area contributed by atoms with Crippen LogP contribution in [0.2, 0.25) is 0 Å². The first kappa shape index (κ1) is 13.3. The van der Waals surface area contributed by atoms with Crippen molar-refractivity contribution in [3.05, 3.63) is 29.7 Å². The first-order valence-electron chi connectivity index (χ1n) is 7.35. The van der Waals surface area contributed by atoms with Crippen LogP contribution < -0.4 is 5.32 Å². The lowest BCUT2D eigenvalue weighted by Crippen LogP contribution is -2.16. The maximum absolute atomic E-state index is 4.93. The van der Waals surface area contributed by atoms with Gasteiger partial charge in [-0.25, -0.2) is 0 Å².